The average Bonchev–Trinajstić information content (AvgIpc) is 1.75. The highest BCUT2D eigenvalue weighted by Crippen LogP contribution is 2.49. The van der Waals surface area contributed by atoms with Gasteiger partial charge in [-0.15, -0.1) is 0 Å². The van der Waals surface area contributed by atoms with Crippen LogP contribution in [0.25, 0.3) is 0 Å². The standard InChI is InChI=1S/C60H81Br2ClF2N8O16/c1-32(2)50(68-37(28-74)16-11-12-20-86-59(29-61,30-62)31-75)53(78)69-41(17-14-19-67-56(66)81)52(77)70-42-25-39(64)38(24-40(42)65)54(79)72(7)35(5)55(80)88-47-26-48(76)73(8)43-22-36(23-44(84-9)49(43)63)21-33(3)15-13-18-46(85-10)60(83)27-45(87-57(82)71-60)34(4)51-58(47,6)89-51/h13,15,18,22-25,28,31-32,34-35,37,41,45-47,50-51,68,83H,11-12,14,16-17,19-21,26-27,29-30H2,1-10H3,(H,69,78)(H,70,77)(H,71,82)(H3,66,67,81)/b18-13+,33-15+/t34-,35+,37?,41+,45+,46-,47+,50+,51+,58+,60+/m1/s1. The summed E-state index contributed by atoms with van der Waals surface area (Å²) in [5.74, 6) is -8.18. The maximum Gasteiger partial charge on any atom is 0.409 e. The third-order valence-electron chi connectivity index (χ3n) is 16.1. The molecule has 0 saturated carbocycles. The van der Waals surface area contributed by atoms with E-state index in [1.54, 1.807) is 58.1 Å². The molecule has 89 heavy (non-hydrogen) atoms. The Hall–Kier alpha value is -6.14. The number of esters is 1. The van der Waals surface area contributed by atoms with Crippen molar-refractivity contribution in [3.8, 4) is 5.75 Å². The topological polar surface area (TPSA) is 325 Å². The number of carbonyl (C=O) groups excluding carboxylic acids is 9. The number of amides is 7. The molecule has 4 bridgehead atoms. The predicted molar refractivity (Wildman–Crippen MR) is 332 cm³/mol. The fraction of sp³-hybridized carbons (Fsp3) is 0.583. The Bertz CT molecular complexity index is 2980. The minimum Gasteiger partial charge on any atom is -0.495 e. The number of methoxy groups -OCH3 is 2. The van der Waals surface area contributed by atoms with E-state index in [9.17, 15) is 48.3 Å². The van der Waals surface area contributed by atoms with Crippen LogP contribution in [-0.4, -0.2) is 182 Å². The van der Waals surface area contributed by atoms with Crippen molar-refractivity contribution in [2.24, 2.45) is 17.6 Å². The number of primary amides is 1. The number of allylic oxidation sites excluding steroid dienone is 3. The SMILES string of the molecule is COc1cc2cc(c1Cl)N(C)C(=O)C[C@H](OC(=O)[C@H](C)N(C)C(=O)c1cc(F)c(NC(=O)[C@H](CCCNC(N)=O)NC(=O)[C@@H](NC(C=O)CCCCOC(C=O)(CBr)CBr)C(C)C)cc1F)[C@]1(C)O[C@H]1[C@H](C)[C@@H]1C[C@@](O)(NC(=O)O1)[C@H](OC)/C=C/C=C(\C)C2. The van der Waals surface area contributed by atoms with Crippen molar-refractivity contribution >= 4 is 109 Å². The highest BCUT2D eigenvalue weighted by atomic mass is 79.9. The molecule has 1 unspecified atom stereocenters. The van der Waals surface area contributed by atoms with Gasteiger partial charge in [-0.05, 0) is 89.0 Å². The van der Waals surface area contributed by atoms with Crippen LogP contribution >= 0.6 is 43.5 Å². The molecule has 0 aromatic heterocycles. The average molecular weight is 1400 g/mol. The molecular formula is C60H81Br2ClF2N8O16. The lowest BCUT2D eigenvalue weighted by Gasteiger charge is -2.42. The van der Waals surface area contributed by atoms with Crippen molar-refractivity contribution in [3.05, 3.63) is 75.9 Å². The number of benzene rings is 2. The molecule has 492 valence electrons. The number of fused-ring (bicyclic) bond motifs is 5. The molecule has 2 fully saturated rings. The van der Waals surface area contributed by atoms with E-state index < -0.39 is 148 Å². The van der Waals surface area contributed by atoms with Gasteiger partial charge in [0.25, 0.3) is 5.91 Å². The van der Waals surface area contributed by atoms with Crippen LogP contribution in [0.15, 0.2) is 48.1 Å². The summed E-state index contributed by atoms with van der Waals surface area (Å²) >= 11 is 13.4. The van der Waals surface area contributed by atoms with Gasteiger partial charge in [0, 0.05) is 63.4 Å². The number of likely N-dealkylation sites (N-methyl/N-ethyl adjacent to an activating group) is 1. The highest BCUT2D eigenvalue weighted by molar-refractivity contribution is 9.10. The molecule has 2 aromatic carbocycles. The van der Waals surface area contributed by atoms with Crippen molar-refractivity contribution in [3.63, 3.8) is 0 Å². The van der Waals surface area contributed by atoms with Crippen LogP contribution in [0.2, 0.25) is 5.02 Å². The Morgan fingerprint density at radius 2 is 1.73 bits per heavy atom. The number of hydrogen-bond donors (Lipinski definition) is 7. The summed E-state index contributed by atoms with van der Waals surface area (Å²) in [6, 6.07) is -1.24. The minimum absolute atomic E-state index is 0.0327. The summed E-state index contributed by atoms with van der Waals surface area (Å²) < 4.78 is 67.4. The molecule has 2 saturated heterocycles. The Morgan fingerprint density at radius 3 is 2.35 bits per heavy atom. The van der Waals surface area contributed by atoms with Crippen molar-refractivity contribution in [2.75, 3.05) is 62.3 Å². The predicted octanol–water partition coefficient (Wildman–Crippen LogP) is 6.07. The molecule has 0 aliphatic carbocycles. The molecule has 2 aromatic rings. The van der Waals surface area contributed by atoms with E-state index in [0.29, 0.717) is 49.5 Å². The number of unbranched alkanes of at least 4 members (excludes halogenated alkanes) is 1. The number of aldehydes is 2. The maximum absolute atomic E-state index is 16.2. The Labute approximate surface area is 538 Å². The van der Waals surface area contributed by atoms with Crippen LogP contribution in [-0.2, 0) is 58.9 Å². The van der Waals surface area contributed by atoms with Crippen molar-refractivity contribution in [1.29, 1.82) is 0 Å². The number of halogens is 5. The van der Waals surface area contributed by atoms with Gasteiger partial charge in [0.2, 0.25) is 17.7 Å². The summed E-state index contributed by atoms with van der Waals surface area (Å²) in [6.07, 6.45) is 1.83. The fourth-order valence-corrected chi connectivity index (χ4v) is 12.2. The summed E-state index contributed by atoms with van der Waals surface area (Å²) in [5.41, 5.74) is 0.903. The molecule has 11 atom stereocenters. The third-order valence-corrected chi connectivity index (χ3v) is 18.3. The van der Waals surface area contributed by atoms with Crippen LogP contribution in [0, 0.1) is 23.5 Å². The number of alkyl carbamates (subject to hydrolysis) is 1. The van der Waals surface area contributed by atoms with Crippen LogP contribution in [0.4, 0.5) is 29.7 Å². The second kappa shape index (κ2) is 32.7. The second-order valence-electron chi connectivity index (χ2n) is 23.0. The zero-order valence-corrected chi connectivity index (χ0v) is 55.3. The highest BCUT2D eigenvalue weighted by Gasteiger charge is 2.64. The Kier molecular flexibility index (Phi) is 27.1. The first-order valence-electron chi connectivity index (χ1n) is 28.9. The number of epoxide rings is 1. The Balaban J connectivity index is 1.36. The molecule has 8 N–H and O–H groups in total. The maximum atomic E-state index is 16.2. The quantitative estimate of drug-likeness (QED) is 0.0175. The van der Waals surface area contributed by atoms with Crippen LogP contribution in [0.5, 0.6) is 5.75 Å². The zero-order chi connectivity index (χ0) is 66.3. The number of urea groups is 1. The number of ether oxygens (including phenoxy) is 6. The van der Waals surface area contributed by atoms with Gasteiger partial charge in [0.15, 0.2) is 12.0 Å². The molecule has 0 spiro atoms. The van der Waals surface area contributed by atoms with E-state index in [1.165, 1.54) is 33.1 Å². The van der Waals surface area contributed by atoms with Gasteiger partial charge in [-0.1, -0.05) is 88.0 Å². The molecule has 7 amide bonds. The molecule has 3 heterocycles. The largest absolute Gasteiger partial charge is 0.495 e. The van der Waals surface area contributed by atoms with Gasteiger partial charge in [0.1, 0.15) is 70.3 Å². The van der Waals surface area contributed by atoms with Gasteiger partial charge in [-0.25, -0.2) is 23.2 Å². The third kappa shape index (κ3) is 19.0. The second-order valence-corrected chi connectivity index (χ2v) is 24.5. The van der Waals surface area contributed by atoms with Crippen molar-refractivity contribution in [1.82, 2.24) is 26.2 Å². The number of hydrogen-bond acceptors (Lipinski definition) is 17. The first-order chi connectivity index (χ1) is 41.9. The Morgan fingerprint density at radius 1 is 1.03 bits per heavy atom. The lowest BCUT2D eigenvalue weighted by molar-refractivity contribution is -0.158. The van der Waals surface area contributed by atoms with Crippen molar-refractivity contribution < 1.29 is 85.5 Å². The number of nitrogens with two attached hydrogens (primary N) is 1. The number of aliphatic hydroxyl groups is 1. The van der Waals surface area contributed by atoms with E-state index in [1.807, 2.05) is 6.92 Å². The summed E-state index contributed by atoms with van der Waals surface area (Å²) in [5, 5.41) is 25.3. The number of nitrogens with zero attached hydrogens (tertiary/aromatic N) is 2. The molecule has 29 heteroatoms. The molecule has 24 nitrogen and oxygen atoms in total. The molecule has 3 aliphatic rings. The van der Waals surface area contributed by atoms with E-state index >= 15 is 8.78 Å². The van der Waals surface area contributed by atoms with E-state index in [0.717, 1.165) is 17.5 Å². The lowest BCUT2D eigenvalue weighted by Crippen LogP contribution is -2.63. The minimum atomic E-state index is -1.97. The number of nitrogens with one attached hydrogen (secondary N) is 5. The number of anilines is 2. The fourth-order valence-electron chi connectivity index (χ4n) is 10.4. The molecule has 3 aliphatic heterocycles. The summed E-state index contributed by atoms with van der Waals surface area (Å²) in [7, 11) is 5.38. The number of alkyl halides is 2. The normalized spacial score (nSPS) is 24.4. The van der Waals surface area contributed by atoms with Crippen LogP contribution < -0.4 is 42.0 Å². The van der Waals surface area contributed by atoms with Crippen LogP contribution in [0.1, 0.15) is 102 Å². The smallest absolute Gasteiger partial charge is 0.409 e. The summed E-state index contributed by atoms with van der Waals surface area (Å²) in [6.45, 7) is 9.96. The number of rotatable bonds is 27. The first-order valence-corrected chi connectivity index (χ1v) is 31.5. The van der Waals surface area contributed by atoms with E-state index in [-0.39, 0.29) is 66.0 Å². The summed E-state index contributed by atoms with van der Waals surface area (Å²) in [4.78, 5) is 121. The van der Waals surface area contributed by atoms with E-state index in [2.05, 4.69) is 58.4 Å². The van der Waals surface area contributed by atoms with Gasteiger partial charge < -0.3 is 74.6 Å². The molecule has 5 rings (SSSR count). The van der Waals surface area contributed by atoms with E-state index in [4.69, 9.17) is 45.8 Å². The van der Waals surface area contributed by atoms with Crippen LogP contribution in [0.3, 0.4) is 0 Å². The van der Waals surface area contributed by atoms with Gasteiger partial charge >= 0.3 is 18.1 Å². The number of carbonyl (C=O) groups is 9. The van der Waals surface area contributed by atoms with Gasteiger partial charge in [0.05, 0.1) is 48.7 Å². The van der Waals surface area contributed by atoms with Crippen molar-refractivity contribution in [2.45, 2.75) is 158 Å². The first kappa shape index (κ1) is 73.6. The zero-order valence-electron chi connectivity index (χ0n) is 51.4. The van der Waals surface area contributed by atoms with Gasteiger partial charge in [-0.3, -0.25) is 29.8 Å². The lowest BCUT2D eigenvalue weighted by atomic mass is 9.83. The molecule has 0 radical (unpaired) electrons. The monoisotopic (exact) mass is 1400 g/mol. The van der Waals surface area contributed by atoms with Gasteiger partial charge in [-0.2, -0.15) is 0 Å². The molecular weight excluding hydrogens is 1320 g/mol.